The first kappa shape index (κ1) is 14.3. The first-order chi connectivity index (χ1) is 22.4. The summed E-state index contributed by atoms with van der Waals surface area (Å²) >= 11 is 2.60. The van der Waals surface area contributed by atoms with Crippen LogP contribution >= 0.6 is 0 Å². The van der Waals surface area contributed by atoms with Gasteiger partial charge in [0, 0.05) is 0 Å². The molecule has 1 heterocycles. The van der Waals surface area contributed by atoms with Crippen molar-refractivity contribution in [3.8, 4) is 34.2 Å². The van der Waals surface area contributed by atoms with Gasteiger partial charge in [0.05, 0.1) is 0 Å². The van der Waals surface area contributed by atoms with Crippen molar-refractivity contribution in [3.63, 3.8) is 0 Å². The molecule has 175 valence electrons. The molecule has 1 radical (unpaired) electrons. The Bertz CT molecular complexity index is 2180. The summed E-state index contributed by atoms with van der Waals surface area (Å²) in [4.78, 5) is 18.2. The average Bonchev–Trinajstić information content (AvgIpc) is 3.08. The first-order valence-corrected chi connectivity index (χ1v) is 12.0. The van der Waals surface area contributed by atoms with E-state index >= 15 is 0 Å². The van der Waals surface area contributed by atoms with Crippen LogP contribution in [0.3, 0.4) is 0 Å². The van der Waals surface area contributed by atoms with E-state index in [9.17, 15) is 1.37 Å². The quantitative estimate of drug-likeness (QED) is 0.168. The van der Waals surface area contributed by atoms with Gasteiger partial charge >= 0.3 is 201 Å². The third-order valence-corrected chi connectivity index (χ3v) is 5.92. The van der Waals surface area contributed by atoms with Crippen molar-refractivity contribution in [2.24, 2.45) is 4.99 Å². The van der Waals surface area contributed by atoms with E-state index in [2.05, 4.69) is 36.0 Å². The van der Waals surface area contributed by atoms with E-state index in [1.165, 1.54) is 6.07 Å². The van der Waals surface area contributed by atoms with Gasteiger partial charge in [-0.1, -0.05) is 36.4 Å². The van der Waals surface area contributed by atoms with Crippen LogP contribution in [0, 0.1) is 0 Å². The second-order valence-corrected chi connectivity index (χ2v) is 8.58. The molecule has 0 bridgehead atoms. The third-order valence-electron chi connectivity index (χ3n) is 5.30. The second kappa shape index (κ2) is 10.3. The van der Waals surface area contributed by atoms with Gasteiger partial charge in [0.1, 0.15) is 0 Å². The monoisotopic (exact) mass is 551 g/mol. The first-order valence-electron chi connectivity index (χ1n) is 16.1. The molecule has 5 aromatic carbocycles. The van der Waals surface area contributed by atoms with Gasteiger partial charge in [-0.05, 0) is 0 Å². The molecular weight excluding hydrogens is 519 g/mol. The van der Waals surface area contributed by atoms with Gasteiger partial charge in [0.15, 0.2) is 0 Å². The predicted octanol–water partition coefficient (Wildman–Crippen LogP) is 7.27. The van der Waals surface area contributed by atoms with Crippen molar-refractivity contribution in [3.05, 3.63) is 133 Å². The number of rotatable bonds is 5. The Kier molecular flexibility index (Phi) is 3.98. The van der Waals surface area contributed by atoms with E-state index in [0.717, 1.165) is 0 Å². The average molecular weight is 551 g/mol. The molecule has 1 aromatic heterocycles. The number of hydrogen-bond donors (Lipinski definition) is 0. The molecule has 0 fully saturated rings. The van der Waals surface area contributed by atoms with Gasteiger partial charge < -0.3 is 0 Å². The molecule has 0 aliphatic carbocycles. The van der Waals surface area contributed by atoms with Crippen LogP contribution in [-0.4, -0.2) is 35.6 Å². The van der Waals surface area contributed by atoms with Crippen LogP contribution in [0.4, 0.5) is 5.69 Å². The molecule has 0 unspecified atom stereocenters. The number of benzene rings is 5. The van der Waals surface area contributed by atoms with Crippen LogP contribution in [-0.2, 0) is 0 Å². The van der Waals surface area contributed by atoms with E-state index in [0.29, 0.717) is 11.1 Å². The molecule has 0 aliphatic heterocycles. The SMILES string of the molecule is [2H]c1c([2H])c([2H])c(C([Se])=Nc2cc3c([2H])c(-c4nc(-c5ccccc5)nc(-c5ccccc5)n4)c([2H])c([2H])c3c([2H])c2[2H])c([2H])c1[2H]. The van der Waals surface area contributed by atoms with Gasteiger partial charge in [-0.25, -0.2) is 0 Å². The Balaban J connectivity index is 1.61. The Morgan fingerprint density at radius 1 is 0.622 bits per heavy atom. The van der Waals surface area contributed by atoms with Gasteiger partial charge in [-0.2, -0.15) is 0 Å². The summed E-state index contributed by atoms with van der Waals surface area (Å²) in [5.41, 5.74) is 0.886. The fraction of sp³-hybridized carbons (Fsp3) is 0. The van der Waals surface area contributed by atoms with E-state index in [1.54, 1.807) is 0 Å². The van der Waals surface area contributed by atoms with Crippen molar-refractivity contribution >= 4 is 37.1 Å². The van der Waals surface area contributed by atoms with Crippen molar-refractivity contribution in [1.29, 1.82) is 0 Å². The van der Waals surface area contributed by atoms with Gasteiger partial charge in [0.2, 0.25) is 0 Å². The molecule has 0 spiro atoms. The van der Waals surface area contributed by atoms with Crippen molar-refractivity contribution in [2.75, 3.05) is 0 Å². The second-order valence-electron chi connectivity index (χ2n) is 7.77. The minimum atomic E-state index is -0.568. The topological polar surface area (TPSA) is 51.0 Å². The van der Waals surface area contributed by atoms with E-state index < -0.39 is 54.4 Å². The summed E-state index contributed by atoms with van der Waals surface area (Å²) in [6.45, 7) is 0. The van der Waals surface area contributed by atoms with Crippen LogP contribution in [0.25, 0.3) is 44.9 Å². The van der Waals surface area contributed by atoms with Crippen molar-refractivity contribution in [1.82, 2.24) is 15.0 Å². The summed E-state index contributed by atoms with van der Waals surface area (Å²) in [5.74, 6) is 0.550. The molecule has 0 saturated carbocycles. The van der Waals surface area contributed by atoms with Crippen molar-refractivity contribution in [2.45, 2.75) is 0 Å². The summed E-state index contributed by atoms with van der Waals surface area (Å²) < 4.78 is 84.5. The van der Waals surface area contributed by atoms with Crippen LogP contribution < -0.4 is 0 Å². The molecule has 4 nitrogen and oxygen atoms in total. The molecule has 0 atom stereocenters. The van der Waals surface area contributed by atoms with Crippen molar-refractivity contribution < 1.29 is 13.7 Å². The van der Waals surface area contributed by atoms with Gasteiger partial charge in [-0.15, -0.1) is 0 Å². The van der Waals surface area contributed by atoms with Gasteiger partial charge in [-0.3, -0.25) is 0 Å². The summed E-state index contributed by atoms with van der Waals surface area (Å²) in [6.07, 6.45) is 0. The molecule has 37 heavy (non-hydrogen) atoms. The van der Waals surface area contributed by atoms with E-state index in [-0.39, 0.29) is 55.7 Å². The van der Waals surface area contributed by atoms with Gasteiger partial charge in [0.25, 0.3) is 0 Å². The minimum absolute atomic E-state index is 0.0255. The van der Waals surface area contributed by atoms with Crippen LogP contribution in [0.15, 0.2) is 132 Å². The zero-order chi connectivity index (χ0) is 33.7. The molecule has 0 amide bonds. The number of aromatic nitrogens is 3. The number of hydrogen-bond acceptors (Lipinski definition) is 4. The fourth-order valence-corrected chi connectivity index (χ4v) is 3.96. The Morgan fingerprint density at radius 3 is 1.81 bits per heavy atom. The van der Waals surface area contributed by atoms with Crippen LogP contribution in [0.2, 0.25) is 0 Å². The molecule has 0 N–H and O–H groups in total. The predicted molar refractivity (Wildman–Crippen MR) is 152 cm³/mol. The van der Waals surface area contributed by atoms with E-state index in [1.807, 2.05) is 60.7 Å². The molecular formula is C32H21N4Se. The normalized spacial score (nSPS) is 15.3. The molecule has 6 aromatic rings. The third kappa shape index (κ3) is 5.10. The molecule has 0 saturated heterocycles. The zero-order valence-corrected chi connectivity index (χ0v) is 20.8. The Labute approximate surface area is 237 Å². The number of fused-ring (bicyclic) bond motifs is 1. The maximum absolute atomic E-state index is 9.19. The number of aliphatic imine (C=N–C) groups is 1. The molecule has 5 heteroatoms. The fourth-order valence-electron chi connectivity index (χ4n) is 3.54. The zero-order valence-electron chi connectivity index (χ0n) is 29.0. The summed E-state index contributed by atoms with van der Waals surface area (Å²) in [6, 6.07) is 14.9. The Morgan fingerprint density at radius 2 is 1.19 bits per heavy atom. The Hall–Kier alpha value is -4.44. The van der Waals surface area contributed by atoms with Crippen LogP contribution in [0.5, 0.6) is 0 Å². The maximum atomic E-state index is 9.19. The van der Waals surface area contributed by atoms with Crippen LogP contribution in [0.1, 0.15) is 19.3 Å². The molecule has 6 rings (SSSR count). The molecule has 0 aliphatic rings. The summed E-state index contributed by atoms with van der Waals surface area (Å²) in [5, 5.41) is -0.0877. The number of nitrogens with zero attached hydrogens (tertiary/aromatic N) is 4. The standard InChI is InChI=1S/C32H21N4Se/c37-32(25-14-8-3-9-15-25)33-28-19-18-22-16-17-26(20-27(22)21-28)31-35-29(23-10-4-1-5-11-23)34-30(36-31)24-12-6-2-7-13-24/h1-21H/i3D,8D,9D,14D,15D,16D,17D,18D,19D,20D. The van der Waals surface area contributed by atoms with E-state index in [4.69, 9.17) is 12.3 Å². The summed E-state index contributed by atoms with van der Waals surface area (Å²) in [7, 11) is 0.